The van der Waals surface area contributed by atoms with Crippen LogP contribution < -0.4 is 11.1 Å². The van der Waals surface area contributed by atoms with Crippen molar-refractivity contribution in [3.05, 3.63) is 29.8 Å². The number of amides is 1. The van der Waals surface area contributed by atoms with Gasteiger partial charge < -0.3 is 16.2 Å². The highest BCUT2D eigenvalue weighted by Gasteiger charge is 2.21. The highest BCUT2D eigenvalue weighted by atomic mass is 16.3. The molecule has 0 aromatic heterocycles. The largest absolute Gasteiger partial charge is 0.508 e. The Balaban J connectivity index is 1.87. The number of hydrogen-bond acceptors (Lipinski definition) is 3. The van der Waals surface area contributed by atoms with Gasteiger partial charge in [0.25, 0.3) is 0 Å². The molecule has 1 amide bonds. The third-order valence-electron chi connectivity index (χ3n) is 3.72. The minimum absolute atomic E-state index is 0.00744. The number of nitrogens with two attached hydrogens (primary N) is 1. The lowest BCUT2D eigenvalue weighted by Crippen LogP contribution is -2.47. The lowest BCUT2D eigenvalue weighted by atomic mass is 10.0. The number of carbonyl (C=O) groups is 1. The zero-order chi connectivity index (χ0) is 13.7. The van der Waals surface area contributed by atoms with Crippen LogP contribution in [0.2, 0.25) is 0 Å². The Bertz CT molecular complexity index is 417. The molecule has 1 fully saturated rings. The molecule has 0 saturated heterocycles. The van der Waals surface area contributed by atoms with E-state index in [0.717, 1.165) is 31.2 Å². The van der Waals surface area contributed by atoms with Gasteiger partial charge in [0.1, 0.15) is 5.75 Å². The van der Waals surface area contributed by atoms with E-state index in [1.54, 1.807) is 24.3 Å². The number of nitrogens with one attached hydrogen (secondary N) is 1. The molecule has 4 nitrogen and oxygen atoms in total. The fourth-order valence-corrected chi connectivity index (χ4v) is 2.57. The zero-order valence-electron chi connectivity index (χ0n) is 11.1. The Hall–Kier alpha value is -1.55. The Morgan fingerprint density at radius 1 is 1.21 bits per heavy atom. The van der Waals surface area contributed by atoms with Gasteiger partial charge in [-0.2, -0.15) is 0 Å². The number of aromatic hydroxyl groups is 1. The minimum atomic E-state index is 0.00744. The molecule has 1 aliphatic carbocycles. The lowest BCUT2D eigenvalue weighted by Gasteiger charge is -2.22. The van der Waals surface area contributed by atoms with Gasteiger partial charge in [0.15, 0.2) is 0 Å². The van der Waals surface area contributed by atoms with E-state index in [-0.39, 0.29) is 23.7 Å². The first kappa shape index (κ1) is 13.9. The molecule has 1 aromatic rings. The molecule has 0 bridgehead atoms. The predicted octanol–water partition coefficient (Wildman–Crippen LogP) is 1.71. The molecular weight excluding hydrogens is 240 g/mol. The van der Waals surface area contributed by atoms with Crippen molar-refractivity contribution in [1.29, 1.82) is 0 Å². The highest BCUT2D eigenvalue weighted by molar-refractivity contribution is 5.79. The van der Waals surface area contributed by atoms with Crippen molar-refractivity contribution in [3.8, 4) is 5.75 Å². The quantitative estimate of drug-likeness (QED) is 0.726. The Morgan fingerprint density at radius 3 is 2.63 bits per heavy atom. The summed E-state index contributed by atoms with van der Waals surface area (Å²) < 4.78 is 0. The van der Waals surface area contributed by atoms with Crippen LogP contribution in [0.4, 0.5) is 0 Å². The summed E-state index contributed by atoms with van der Waals surface area (Å²) in [5.41, 5.74) is 6.99. The van der Waals surface area contributed by atoms with E-state index < -0.39 is 0 Å². The summed E-state index contributed by atoms with van der Waals surface area (Å²) in [4.78, 5) is 12.0. The number of hydrogen-bond donors (Lipinski definition) is 3. The number of phenols is 1. The molecule has 104 valence electrons. The van der Waals surface area contributed by atoms with Crippen molar-refractivity contribution < 1.29 is 9.90 Å². The minimum Gasteiger partial charge on any atom is -0.508 e. The van der Waals surface area contributed by atoms with Gasteiger partial charge in [0.05, 0.1) is 6.42 Å². The maximum atomic E-state index is 12.0. The highest BCUT2D eigenvalue weighted by Crippen LogP contribution is 2.17. The third-order valence-corrected chi connectivity index (χ3v) is 3.72. The number of rotatable bonds is 3. The molecule has 4 heteroatoms. The number of phenolic OH excluding ortho intramolecular Hbond substituents is 1. The van der Waals surface area contributed by atoms with Crippen LogP contribution in [0.15, 0.2) is 24.3 Å². The van der Waals surface area contributed by atoms with Crippen LogP contribution in [-0.4, -0.2) is 23.1 Å². The zero-order valence-corrected chi connectivity index (χ0v) is 11.1. The van der Waals surface area contributed by atoms with Crippen molar-refractivity contribution in [2.45, 2.75) is 50.6 Å². The summed E-state index contributed by atoms with van der Waals surface area (Å²) in [5.74, 6) is 0.225. The van der Waals surface area contributed by atoms with E-state index in [0.29, 0.717) is 6.42 Å². The van der Waals surface area contributed by atoms with Crippen LogP contribution >= 0.6 is 0 Å². The van der Waals surface area contributed by atoms with E-state index >= 15 is 0 Å². The van der Waals surface area contributed by atoms with Crippen molar-refractivity contribution in [1.82, 2.24) is 5.32 Å². The fourth-order valence-electron chi connectivity index (χ4n) is 2.57. The van der Waals surface area contributed by atoms with Crippen molar-refractivity contribution in [3.63, 3.8) is 0 Å². The Labute approximate surface area is 114 Å². The summed E-state index contributed by atoms with van der Waals surface area (Å²) >= 11 is 0. The van der Waals surface area contributed by atoms with Gasteiger partial charge in [-0.1, -0.05) is 31.4 Å². The average Bonchev–Trinajstić information content (AvgIpc) is 2.58. The van der Waals surface area contributed by atoms with Crippen LogP contribution in [0.3, 0.4) is 0 Å². The second-order valence-corrected chi connectivity index (χ2v) is 5.32. The molecular formula is C15H22N2O2. The van der Waals surface area contributed by atoms with Crippen LogP contribution in [0, 0.1) is 0 Å². The molecule has 0 spiro atoms. The monoisotopic (exact) mass is 262 g/mol. The Morgan fingerprint density at radius 2 is 1.89 bits per heavy atom. The van der Waals surface area contributed by atoms with Crippen LogP contribution in [0.1, 0.15) is 37.7 Å². The van der Waals surface area contributed by atoms with E-state index in [4.69, 9.17) is 5.73 Å². The average molecular weight is 262 g/mol. The summed E-state index contributed by atoms with van der Waals surface area (Å²) in [6, 6.07) is 6.91. The van der Waals surface area contributed by atoms with Crippen molar-refractivity contribution in [2.75, 3.05) is 0 Å². The smallest absolute Gasteiger partial charge is 0.224 e. The second-order valence-electron chi connectivity index (χ2n) is 5.32. The Kier molecular flexibility index (Phi) is 4.80. The van der Waals surface area contributed by atoms with E-state index in [1.165, 1.54) is 6.42 Å². The van der Waals surface area contributed by atoms with Crippen LogP contribution in [0.25, 0.3) is 0 Å². The first-order chi connectivity index (χ1) is 9.15. The first-order valence-electron chi connectivity index (χ1n) is 6.98. The first-order valence-corrected chi connectivity index (χ1v) is 6.98. The maximum Gasteiger partial charge on any atom is 0.224 e. The molecule has 19 heavy (non-hydrogen) atoms. The summed E-state index contributed by atoms with van der Waals surface area (Å²) in [6.45, 7) is 0. The third kappa shape index (κ3) is 4.24. The fraction of sp³-hybridized carbons (Fsp3) is 0.533. The lowest BCUT2D eigenvalue weighted by molar-refractivity contribution is -0.121. The van der Waals surface area contributed by atoms with E-state index in [1.807, 2.05) is 0 Å². The van der Waals surface area contributed by atoms with Gasteiger partial charge in [-0.05, 0) is 30.5 Å². The van der Waals surface area contributed by atoms with E-state index in [9.17, 15) is 9.90 Å². The number of carbonyl (C=O) groups excluding carboxylic acids is 1. The SMILES string of the molecule is NC1CCCCCC1NC(=O)Cc1ccc(O)cc1. The van der Waals surface area contributed by atoms with Gasteiger partial charge in [0.2, 0.25) is 5.91 Å². The molecule has 2 rings (SSSR count). The number of benzene rings is 1. The van der Waals surface area contributed by atoms with Gasteiger partial charge >= 0.3 is 0 Å². The molecule has 0 heterocycles. The molecule has 2 atom stereocenters. The normalized spacial score (nSPS) is 23.6. The molecule has 2 unspecified atom stereocenters. The van der Waals surface area contributed by atoms with Crippen molar-refractivity contribution in [2.24, 2.45) is 5.73 Å². The standard InChI is InChI=1S/C15H22N2O2/c16-13-4-2-1-3-5-14(13)17-15(19)10-11-6-8-12(18)9-7-11/h6-9,13-14,18H,1-5,10,16H2,(H,17,19). The maximum absolute atomic E-state index is 12.0. The summed E-state index contributed by atoms with van der Waals surface area (Å²) in [6.07, 6.45) is 5.80. The predicted molar refractivity (Wildman–Crippen MR) is 74.8 cm³/mol. The second kappa shape index (κ2) is 6.57. The molecule has 1 saturated carbocycles. The van der Waals surface area contributed by atoms with Gasteiger partial charge in [-0.25, -0.2) is 0 Å². The van der Waals surface area contributed by atoms with Crippen LogP contribution in [-0.2, 0) is 11.2 Å². The topological polar surface area (TPSA) is 75.3 Å². The van der Waals surface area contributed by atoms with Crippen molar-refractivity contribution >= 4 is 5.91 Å². The molecule has 1 aromatic carbocycles. The molecule has 1 aliphatic rings. The van der Waals surface area contributed by atoms with Gasteiger partial charge in [0, 0.05) is 12.1 Å². The molecule has 4 N–H and O–H groups in total. The van der Waals surface area contributed by atoms with E-state index in [2.05, 4.69) is 5.32 Å². The van der Waals surface area contributed by atoms with Crippen LogP contribution in [0.5, 0.6) is 5.75 Å². The van der Waals surface area contributed by atoms with Gasteiger partial charge in [-0.3, -0.25) is 4.79 Å². The summed E-state index contributed by atoms with van der Waals surface area (Å²) in [7, 11) is 0. The molecule has 0 radical (unpaired) electrons. The summed E-state index contributed by atoms with van der Waals surface area (Å²) in [5, 5.41) is 12.2. The van der Waals surface area contributed by atoms with Gasteiger partial charge in [-0.15, -0.1) is 0 Å². The molecule has 0 aliphatic heterocycles.